The number of piperidine rings is 1. The Morgan fingerprint density at radius 3 is 2.64 bits per heavy atom. The number of aryl methyl sites for hydroxylation is 2. The van der Waals surface area contributed by atoms with Crippen LogP contribution >= 0.6 is 0 Å². The van der Waals surface area contributed by atoms with E-state index in [2.05, 4.69) is 12.1 Å². The van der Waals surface area contributed by atoms with Crippen molar-refractivity contribution in [3.05, 3.63) is 29.1 Å². The summed E-state index contributed by atoms with van der Waals surface area (Å²) >= 11 is 0. The number of likely N-dealkylation sites (tertiary alicyclic amines) is 2. The van der Waals surface area contributed by atoms with Crippen LogP contribution in [-0.2, 0) is 28.9 Å². The zero-order chi connectivity index (χ0) is 19.5. The Bertz CT molecular complexity index is 728. The molecule has 0 aromatic carbocycles. The number of amides is 1. The molecule has 0 spiro atoms. The van der Waals surface area contributed by atoms with E-state index >= 15 is 0 Å². The Hall–Kier alpha value is -1.95. The normalized spacial score (nSPS) is 23.6. The van der Waals surface area contributed by atoms with Gasteiger partial charge >= 0.3 is 5.97 Å². The largest absolute Gasteiger partial charge is 0.480 e. The summed E-state index contributed by atoms with van der Waals surface area (Å²) in [5.74, 6) is -0.0218. The summed E-state index contributed by atoms with van der Waals surface area (Å²) in [5.41, 5.74) is 3.96. The standard InChI is InChI=1S/C22H31N3O3/c26-21(27)15-24-10-9-18(14-24)22(28)25-11-7-16(8-12-25)13-19-6-5-17-3-1-2-4-20(17)23-19/h5-6,16,18H,1-4,7-15H2,(H,26,27)/t18-/m1/s1. The molecule has 1 aliphatic carbocycles. The molecule has 1 N–H and O–H groups in total. The van der Waals surface area contributed by atoms with Crippen molar-refractivity contribution in [1.82, 2.24) is 14.8 Å². The predicted octanol–water partition coefficient (Wildman–Crippen LogP) is 2.15. The van der Waals surface area contributed by atoms with Crippen LogP contribution in [0.2, 0.25) is 0 Å². The van der Waals surface area contributed by atoms with Gasteiger partial charge in [-0.25, -0.2) is 0 Å². The van der Waals surface area contributed by atoms with Crippen molar-refractivity contribution in [3.63, 3.8) is 0 Å². The minimum atomic E-state index is -0.815. The first kappa shape index (κ1) is 19.4. The summed E-state index contributed by atoms with van der Waals surface area (Å²) in [6, 6.07) is 4.48. The number of aliphatic carboxylic acids is 1. The van der Waals surface area contributed by atoms with E-state index in [4.69, 9.17) is 10.1 Å². The number of carbonyl (C=O) groups is 2. The van der Waals surface area contributed by atoms with E-state index in [9.17, 15) is 9.59 Å². The Balaban J connectivity index is 1.25. The molecule has 2 aliphatic heterocycles. The van der Waals surface area contributed by atoms with Crippen molar-refractivity contribution in [1.29, 1.82) is 0 Å². The molecular formula is C22H31N3O3. The highest BCUT2D eigenvalue weighted by molar-refractivity contribution is 5.79. The quantitative estimate of drug-likeness (QED) is 0.841. The van der Waals surface area contributed by atoms with Gasteiger partial charge in [0.25, 0.3) is 0 Å². The molecule has 1 atom stereocenters. The molecule has 0 bridgehead atoms. The van der Waals surface area contributed by atoms with Gasteiger partial charge in [-0.2, -0.15) is 0 Å². The van der Waals surface area contributed by atoms with Crippen molar-refractivity contribution >= 4 is 11.9 Å². The molecule has 2 fully saturated rings. The van der Waals surface area contributed by atoms with Gasteiger partial charge in [-0.3, -0.25) is 19.5 Å². The van der Waals surface area contributed by atoms with Crippen LogP contribution in [0.5, 0.6) is 0 Å². The maximum Gasteiger partial charge on any atom is 0.317 e. The van der Waals surface area contributed by atoms with E-state index < -0.39 is 5.97 Å². The van der Waals surface area contributed by atoms with Crippen molar-refractivity contribution in [2.24, 2.45) is 11.8 Å². The van der Waals surface area contributed by atoms with Gasteiger partial charge in [0.15, 0.2) is 0 Å². The lowest BCUT2D eigenvalue weighted by molar-refractivity contribution is -0.139. The number of carboxylic acid groups (broad SMARTS) is 1. The van der Waals surface area contributed by atoms with Crippen LogP contribution < -0.4 is 0 Å². The molecule has 6 nitrogen and oxygen atoms in total. The van der Waals surface area contributed by atoms with E-state index in [0.29, 0.717) is 19.0 Å². The van der Waals surface area contributed by atoms with E-state index in [1.54, 1.807) is 0 Å². The van der Waals surface area contributed by atoms with Crippen LogP contribution in [0.3, 0.4) is 0 Å². The lowest BCUT2D eigenvalue weighted by atomic mass is 9.90. The average Bonchev–Trinajstić information content (AvgIpc) is 3.16. The smallest absolute Gasteiger partial charge is 0.317 e. The molecule has 0 unspecified atom stereocenters. The molecule has 1 aromatic heterocycles. The van der Waals surface area contributed by atoms with Gasteiger partial charge in [0.2, 0.25) is 5.91 Å². The molecule has 28 heavy (non-hydrogen) atoms. The van der Waals surface area contributed by atoms with Gasteiger partial charge in [0.05, 0.1) is 12.5 Å². The molecule has 3 heterocycles. The summed E-state index contributed by atoms with van der Waals surface area (Å²) in [6.07, 6.45) is 8.72. The summed E-state index contributed by atoms with van der Waals surface area (Å²) in [4.78, 5) is 32.5. The van der Waals surface area contributed by atoms with Crippen molar-refractivity contribution in [2.45, 2.75) is 51.4 Å². The maximum absolute atomic E-state index is 12.8. The number of pyridine rings is 1. The molecule has 1 amide bonds. The Morgan fingerprint density at radius 1 is 1.07 bits per heavy atom. The highest BCUT2D eigenvalue weighted by Crippen LogP contribution is 2.26. The van der Waals surface area contributed by atoms with Crippen LogP contribution in [0.15, 0.2) is 12.1 Å². The van der Waals surface area contributed by atoms with Gasteiger partial charge in [-0.05, 0) is 75.5 Å². The van der Waals surface area contributed by atoms with E-state index in [0.717, 1.165) is 45.2 Å². The second-order valence-electron chi connectivity index (χ2n) is 8.70. The van der Waals surface area contributed by atoms with Crippen LogP contribution in [0.4, 0.5) is 0 Å². The number of aromatic nitrogens is 1. The third kappa shape index (κ3) is 4.54. The maximum atomic E-state index is 12.8. The number of hydrogen-bond acceptors (Lipinski definition) is 4. The first-order chi connectivity index (χ1) is 13.6. The SMILES string of the molecule is O=C(O)CN1CC[C@@H](C(=O)N2CCC(Cc3ccc4c(n3)CCCC4)CC2)C1. The summed E-state index contributed by atoms with van der Waals surface area (Å²) in [6.45, 7) is 2.99. The number of rotatable bonds is 5. The minimum Gasteiger partial charge on any atom is -0.480 e. The number of fused-ring (bicyclic) bond motifs is 1. The molecule has 0 radical (unpaired) electrons. The minimum absolute atomic E-state index is 0.0294. The van der Waals surface area contributed by atoms with E-state index in [1.165, 1.54) is 36.2 Å². The summed E-state index contributed by atoms with van der Waals surface area (Å²) in [7, 11) is 0. The lowest BCUT2D eigenvalue weighted by Gasteiger charge is -2.33. The van der Waals surface area contributed by atoms with Crippen molar-refractivity contribution in [2.75, 3.05) is 32.7 Å². The monoisotopic (exact) mass is 385 g/mol. The zero-order valence-electron chi connectivity index (χ0n) is 16.6. The van der Waals surface area contributed by atoms with Crippen LogP contribution in [0.25, 0.3) is 0 Å². The second kappa shape index (κ2) is 8.60. The molecule has 3 aliphatic rings. The average molecular weight is 386 g/mol. The summed E-state index contributed by atoms with van der Waals surface area (Å²) < 4.78 is 0. The van der Waals surface area contributed by atoms with Crippen molar-refractivity contribution in [3.8, 4) is 0 Å². The molecule has 0 saturated carbocycles. The molecular weight excluding hydrogens is 354 g/mol. The fourth-order valence-corrected chi connectivity index (χ4v) is 5.02. The summed E-state index contributed by atoms with van der Waals surface area (Å²) in [5, 5.41) is 8.92. The van der Waals surface area contributed by atoms with Gasteiger partial charge in [0, 0.05) is 31.0 Å². The highest BCUT2D eigenvalue weighted by atomic mass is 16.4. The number of nitrogens with zero attached hydrogens (tertiary/aromatic N) is 3. The third-order valence-corrected chi connectivity index (χ3v) is 6.64. The van der Waals surface area contributed by atoms with Gasteiger partial charge in [-0.15, -0.1) is 0 Å². The molecule has 152 valence electrons. The number of hydrogen-bond donors (Lipinski definition) is 1. The molecule has 2 saturated heterocycles. The van der Waals surface area contributed by atoms with Crippen LogP contribution in [0.1, 0.15) is 49.1 Å². The number of carboxylic acids is 1. The number of carbonyl (C=O) groups excluding carboxylic acids is 1. The Kier molecular flexibility index (Phi) is 5.95. The first-order valence-electron chi connectivity index (χ1n) is 10.8. The van der Waals surface area contributed by atoms with Crippen molar-refractivity contribution < 1.29 is 14.7 Å². The zero-order valence-corrected chi connectivity index (χ0v) is 16.6. The first-order valence-corrected chi connectivity index (χ1v) is 10.8. The Labute approximate surface area is 166 Å². The van der Waals surface area contributed by atoms with E-state index in [-0.39, 0.29) is 18.4 Å². The fraction of sp³-hybridized carbons (Fsp3) is 0.682. The highest BCUT2D eigenvalue weighted by Gasteiger charge is 2.33. The predicted molar refractivity (Wildman–Crippen MR) is 106 cm³/mol. The Morgan fingerprint density at radius 2 is 1.86 bits per heavy atom. The van der Waals surface area contributed by atoms with Gasteiger partial charge < -0.3 is 10.0 Å². The van der Waals surface area contributed by atoms with Gasteiger partial charge in [-0.1, -0.05) is 6.07 Å². The van der Waals surface area contributed by atoms with Crippen LogP contribution in [0, 0.1) is 11.8 Å². The van der Waals surface area contributed by atoms with Crippen LogP contribution in [-0.4, -0.2) is 64.5 Å². The topological polar surface area (TPSA) is 73.7 Å². The second-order valence-corrected chi connectivity index (χ2v) is 8.70. The van der Waals surface area contributed by atoms with Gasteiger partial charge in [0.1, 0.15) is 0 Å². The fourth-order valence-electron chi connectivity index (χ4n) is 5.02. The third-order valence-electron chi connectivity index (χ3n) is 6.64. The van der Waals surface area contributed by atoms with E-state index in [1.807, 2.05) is 9.80 Å². The molecule has 6 heteroatoms. The molecule has 4 rings (SSSR count). The molecule has 1 aromatic rings. The lowest BCUT2D eigenvalue weighted by Crippen LogP contribution is -2.43.